The highest BCUT2D eigenvalue weighted by atomic mass is 15.0. The molecule has 6 aromatic carbocycles. The van der Waals surface area contributed by atoms with Gasteiger partial charge >= 0.3 is 0 Å². The fraction of sp³-hybridized carbons (Fsp3) is 0. The molecule has 0 unspecified atom stereocenters. The highest BCUT2D eigenvalue weighted by Crippen LogP contribution is 2.43. The van der Waals surface area contributed by atoms with Crippen molar-refractivity contribution < 1.29 is 0 Å². The van der Waals surface area contributed by atoms with Crippen molar-refractivity contribution in [2.45, 2.75) is 0 Å². The van der Waals surface area contributed by atoms with E-state index in [0.717, 1.165) is 66.1 Å². The van der Waals surface area contributed by atoms with Crippen molar-refractivity contribution in [3.05, 3.63) is 144 Å². The Balaban J connectivity index is 1.56. The number of hydrogen-bond acceptors (Lipinski definition) is 3. The maximum Gasteiger partial charge on any atom is 0.101 e. The number of hydrogen-bond donors (Lipinski definition) is 0. The van der Waals surface area contributed by atoms with E-state index in [2.05, 4.69) is 81.9 Å². The Morgan fingerprint density at radius 1 is 0.432 bits per heavy atom. The van der Waals surface area contributed by atoms with Crippen molar-refractivity contribution >= 4 is 43.6 Å². The van der Waals surface area contributed by atoms with Gasteiger partial charge in [-0.2, -0.15) is 15.8 Å². The predicted molar refractivity (Wildman–Crippen MR) is 175 cm³/mol. The molecule has 2 aromatic heterocycles. The number of benzene rings is 6. The predicted octanol–water partition coefficient (Wildman–Crippen LogP) is 9.16. The van der Waals surface area contributed by atoms with Gasteiger partial charge in [0, 0.05) is 38.4 Å². The Hall–Kier alpha value is -6.61. The standard InChI is InChI=1S/C39H21N5/c40-22-25-15-18-28(19-16-25)43-36-14-4-2-8-29(36)30-9-5-10-31(38(30)43)32-11-6-12-33-34-21-26(23-41)17-20-37(34)44(39(32)33)35-13-3-1-7-27(35)24-42/h1-21H. The van der Waals surface area contributed by atoms with E-state index < -0.39 is 0 Å². The van der Waals surface area contributed by atoms with E-state index in [1.54, 1.807) is 0 Å². The van der Waals surface area contributed by atoms with E-state index in [0.29, 0.717) is 16.7 Å². The van der Waals surface area contributed by atoms with Crippen LogP contribution in [-0.2, 0) is 0 Å². The van der Waals surface area contributed by atoms with Crippen LogP contribution in [0.2, 0.25) is 0 Å². The molecular weight excluding hydrogens is 538 g/mol. The topological polar surface area (TPSA) is 81.2 Å². The molecule has 0 spiro atoms. The highest BCUT2D eigenvalue weighted by molar-refractivity contribution is 6.19. The summed E-state index contributed by atoms with van der Waals surface area (Å²) in [5.74, 6) is 0. The molecule has 0 N–H and O–H groups in total. The minimum absolute atomic E-state index is 0.565. The first-order valence-electron chi connectivity index (χ1n) is 14.2. The lowest BCUT2D eigenvalue weighted by molar-refractivity contribution is 1.16. The number of nitrogens with zero attached hydrogens (tertiary/aromatic N) is 5. The molecule has 44 heavy (non-hydrogen) atoms. The zero-order valence-electron chi connectivity index (χ0n) is 23.4. The van der Waals surface area contributed by atoms with Gasteiger partial charge in [-0.3, -0.25) is 0 Å². The van der Waals surface area contributed by atoms with Crippen molar-refractivity contribution in [3.63, 3.8) is 0 Å². The Bertz CT molecular complexity index is 2580. The maximum absolute atomic E-state index is 10.1. The highest BCUT2D eigenvalue weighted by Gasteiger charge is 2.22. The van der Waals surface area contributed by atoms with Crippen LogP contribution >= 0.6 is 0 Å². The number of rotatable bonds is 3. The Labute approximate surface area is 252 Å². The number of nitriles is 3. The first-order valence-corrected chi connectivity index (χ1v) is 14.2. The van der Waals surface area contributed by atoms with Crippen LogP contribution in [0.1, 0.15) is 16.7 Å². The van der Waals surface area contributed by atoms with E-state index in [4.69, 9.17) is 0 Å². The molecule has 0 radical (unpaired) electrons. The first-order chi connectivity index (χ1) is 21.7. The summed E-state index contributed by atoms with van der Waals surface area (Å²) in [5.41, 5.74) is 9.55. The Morgan fingerprint density at radius 3 is 1.75 bits per heavy atom. The largest absolute Gasteiger partial charge is 0.309 e. The lowest BCUT2D eigenvalue weighted by atomic mass is 9.98. The molecular formula is C39H21N5. The summed E-state index contributed by atoms with van der Waals surface area (Å²) in [7, 11) is 0. The Morgan fingerprint density at radius 2 is 1.02 bits per heavy atom. The molecule has 0 bridgehead atoms. The van der Waals surface area contributed by atoms with Gasteiger partial charge in [-0.25, -0.2) is 0 Å². The van der Waals surface area contributed by atoms with E-state index in [1.165, 1.54) is 0 Å². The summed E-state index contributed by atoms with van der Waals surface area (Å²) < 4.78 is 4.43. The summed E-state index contributed by atoms with van der Waals surface area (Å²) in [5, 5.41) is 33.5. The third-order valence-corrected chi connectivity index (χ3v) is 8.42. The van der Waals surface area contributed by atoms with Crippen molar-refractivity contribution in [2.75, 3.05) is 0 Å². The van der Waals surface area contributed by atoms with Gasteiger partial charge in [0.05, 0.1) is 56.6 Å². The molecule has 8 aromatic rings. The van der Waals surface area contributed by atoms with Crippen molar-refractivity contribution in [1.82, 2.24) is 9.13 Å². The second-order valence-electron chi connectivity index (χ2n) is 10.7. The average molecular weight is 560 g/mol. The van der Waals surface area contributed by atoms with Gasteiger partial charge in [0.2, 0.25) is 0 Å². The van der Waals surface area contributed by atoms with E-state index in [1.807, 2.05) is 72.8 Å². The van der Waals surface area contributed by atoms with Crippen LogP contribution in [-0.4, -0.2) is 9.13 Å². The minimum Gasteiger partial charge on any atom is -0.309 e. The quantitative estimate of drug-likeness (QED) is 0.216. The van der Waals surface area contributed by atoms with E-state index in [9.17, 15) is 15.8 Å². The molecule has 0 fully saturated rings. The third-order valence-electron chi connectivity index (χ3n) is 8.42. The van der Waals surface area contributed by atoms with Gasteiger partial charge in [-0.1, -0.05) is 66.7 Å². The molecule has 0 atom stereocenters. The van der Waals surface area contributed by atoms with Crippen LogP contribution in [0.15, 0.2) is 127 Å². The van der Waals surface area contributed by atoms with Crippen molar-refractivity contribution in [1.29, 1.82) is 15.8 Å². The first kappa shape index (κ1) is 25.1. The minimum atomic E-state index is 0.565. The molecule has 202 valence electrons. The second-order valence-corrected chi connectivity index (χ2v) is 10.7. The molecule has 0 aliphatic heterocycles. The fourth-order valence-corrected chi connectivity index (χ4v) is 6.56. The zero-order chi connectivity index (χ0) is 29.8. The monoisotopic (exact) mass is 559 g/mol. The summed E-state index contributed by atoms with van der Waals surface area (Å²) in [6.07, 6.45) is 0. The van der Waals surface area contributed by atoms with Crippen LogP contribution in [0, 0.1) is 34.0 Å². The molecule has 0 saturated carbocycles. The lowest BCUT2D eigenvalue weighted by Crippen LogP contribution is -2.00. The molecule has 2 heterocycles. The number of para-hydroxylation sites is 4. The van der Waals surface area contributed by atoms with E-state index in [-0.39, 0.29) is 0 Å². The van der Waals surface area contributed by atoms with Crippen LogP contribution in [0.3, 0.4) is 0 Å². The molecule has 0 aliphatic rings. The smallest absolute Gasteiger partial charge is 0.101 e. The van der Waals surface area contributed by atoms with Crippen LogP contribution in [0.25, 0.3) is 66.1 Å². The zero-order valence-corrected chi connectivity index (χ0v) is 23.4. The van der Waals surface area contributed by atoms with Crippen LogP contribution < -0.4 is 0 Å². The molecule has 0 saturated heterocycles. The normalized spacial score (nSPS) is 11.1. The van der Waals surface area contributed by atoms with Crippen molar-refractivity contribution in [2.24, 2.45) is 0 Å². The summed E-state index contributed by atoms with van der Waals surface area (Å²) >= 11 is 0. The maximum atomic E-state index is 10.1. The molecule has 5 heteroatoms. The lowest BCUT2D eigenvalue weighted by Gasteiger charge is -2.15. The van der Waals surface area contributed by atoms with Crippen molar-refractivity contribution in [3.8, 4) is 40.7 Å². The summed E-state index contributed by atoms with van der Waals surface area (Å²) in [4.78, 5) is 0. The number of aromatic nitrogens is 2. The number of fused-ring (bicyclic) bond motifs is 6. The van der Waals surface area contributed by atoms with Crippen LogP contribution in [0.5, 0.6) is 0 Å². The molecule has 5 nitrogen and oxygen atoms in total. The van der Waals surface area contributed by atoms with Gasteiger partial charge in [-0.15, -0.1) is 0 Å². The van der Waals surface area contributed by atoms with Gasteiger partial charge < -0.3 is 9.13 Å². The SMILES string of the molecule is N#Cc1ccc(-n2c3ccccc3c3cccc(-c4cccc5c6cc(C#N)ccc6n(-c6ccccc6C#N)c45)c32)cc1. The molecule has 8 rings (SSSR count). The second kappa shape index (κ2) is 9.74. The Kier molecular flexibility index (Phi) is 5.56. The molecule has 0 amide bonds. The van der Waals surface area contributed by atoms with Gasteiger partial charge in [-0.05, 0) is 60.7 Å². The van der Waals surface area contributed by atoms with Crippen LogP contribution in [0.4, 0.5) is 0 Å². The third kappa shape index (κ3) is 3.56. The van der Waals surface area contributed by atoms with Gasteiger partial charge in [0.15, 0.2) is 0 Å². The summed E-state index contributed by atoms with van der Waals surface area (Å²) in [6.45, 7) is 0. The van der Waals surface area contributed by atoms with E-state index >= 15 is 0 Å². The average Bonchev–Trinajstić information content (AvgIpc) is 3.61. The fourth-order valence-electron chi connectivity index (χ4n) is 6.56. The van der Waals surface area contributed by atoms with Gasteiger partial charge in [0.25, 0.3) is 0 Å². The molecule has 0 aliphatic carbocycles. The van der Waals surface area contributed by atoms with Gasteiger partial charge in [0.1, 0.15) is 6.07 Å². The summed E-state index contributed by atoms with van der Waals surface area (Å²) in [6, 6.07) is 49.0.